The summed E-state index contributed by atoms with van der Waals surface area (Å²) in [6.07, 6.45) is 0. The molecule has 0 bridgehead atoms. The van der Waals surface area contributed by atoms with Crippen molar-refractivity contribution in [3.05, 3.63) is 54.1 Å². The molecule has 94 valence electrons. The fraction of sp³-hybridized carbons (Fsp3) is 0.133. The fourth-order valence-corrected chi connectivity index (χ4v) is 1.62. The van der Waals surface area contributed by atoms with Crippen molar-refractivity contribution in [3.63, 3.8) is 0 Å². The van der Waals surface area contributed by atoms with Crippen molar-refractivity contribution < 1.29 is 14.3 Å². The van der Waals surface area contributed by atoms with E-state index >= 15 is 0 Å². The lowest BCUT2D eigenvalue weighted by molar-refractivity contribution is 0.0921. The molecule has 19 heavy (non-hydrogen) atoms. The van der Waals surface area contributed by atoms with Crippen molar-refractivity contribution in [1.29, 1.82) is 0 Å². The van der Waals surface area contributed by atoms with Gasteiger partial charge in [-0.25, -0.2) is 0 Å². The summed E-state index contributed by atoms with van der Waals surface area (Å²) in [6, 6.07) is 13.9. The maximum Gasteiger partial charge on any atom is 0.200 e. The Labute approximate surface area is 113 Å². The van der Waals surface area contributed by atoms with Gasteiger partial charge in [0.2, 0.25) is 0 Å². The molecule has 2 aromatic rings. The zero-order valence-electron chi connectivity index (χ0n) is 10.6. The molecule has 0 N–H and O–H groups in total. The summed E-state index contributed by atoms with van der Waals surface area (Å²) < 4.78 is 10.5. The van der Waals surface area contributed by atoms with Crippen LogP contribution in [0, 0.1) is 0 Å². The first-order valence-corrected chi connectivity index (χ1v) is 5.84. The maximum absolute atomic E-state index is 11.9. The molecular weight excluding hydrogens is 239 g/mol. The van der Waals surface area contributed by atoms with Crippen molar-refractivity contribution >= 4 is 19.1 Å². The van der Waals surface area contributed by atoms with Crippen LogP contribution in [0.2, 0.25) is 0 Å². The normalized spacial score (nSPS) is 9.95. The van der Waals surface area contributed by atoms with Crippen LogP contribution >= 0.6 is 0 Å². The van der Waals surface area contributed by atoms with Gasteiger partial charge >= 0.3 is 0 Å². The topological polar surface area (TPSA) is 35.5 Å². The smallest absolute Gasteiger partial charge is 0.200 e. The molecule has 0 aliphatic heterocycles. The van der Waals surface area contributed by atoms with E-state index in [1.165, 1.54) is 0 Å². The molecule has 0 fully saturated rings. The van der Waals surface area contributed by atoms with E-state index in [4.69, 9.17) is 17.3 Å². The minimum absolute atomic E-state index is 0.0181. The number of ketones is 1. The van der Waals surface area contributed by atoms with Crippen molar-refractivity contribution in [2.45, 2.75) is 0 Å². The van der Waals surface area contributed by atoms with E-state index < -0.39 is 0 Å². The van der Waals surface area contributed by atoms with E-state index in [1.54, 1.807) is 55.6 Å². The maximum atomic E-state index is 11.9. The molecule has 0 heterocycles. The number of carbonyl (C=O) groups is 1. The molecule has 0 aliphatic rings. The van der Waals surface area contributed by atoms with Gasteiger partial charge in [0.05, 0.1) is 7.11 Å². The van der Waals surface area contributed by atoms with E-state index in [1.807, 2.05) is 0 Å². The monoisotopic (exact) mass is 252 g/mol. The van der Waals surface area contributed by atoms with E-state index in [2.05, 4.69) is 0 Å². The average Bonchev–Trinajstić information content (AvgIpc) is 2.45. The molecule has 0 amide bonds. The van der Waals surface area contributed by atoms with Crippen LogP contribution in [0.25, 0.3) is 0 Å². The number of rotatable bonds is 5. The van der Waals surface area contributed by atoms with Gasteiger partial charge in [0.25, 0.3) is 0 Å². The Hall–Kier alpha value is -2.23. The van der Waals surface area contributed by atoms with Crippen LogP contribution in [0.5, 0.6) is 11.5 Å². The van der Waals surface area contributed by atoms with Gasteiger partial charge in [-0.1, -0.05) is 29.7 Å². The van der Waals surface area contributed by atoms with E-state index in [0.29, 0.717) is 16.8 Å². The average molecular weight is 252 g/mol. The van der Waals surface area contributed by atoms with Crippen LogP contribution in [0.1, 0.15) is 10.4 Å². The van der Waals surface area contributed by atoms with Gasteiger partial charge in [-0.15, -0.1) is 0 Å². The summed E-state index contributed by atoms with van der Waals surface area (Å²) in [6.45, 7) is -0.0181. The lowest BCUT2D eigenvalue weighted by Crippen LogP contribution is -2.14. The summed E-state index contributed by atoms with van der Waals surface area (Å²) in [4.78, 5) is 11.9. The molecule has 0 atom stereocenters. The van der Waals surface area contributed by atoms with Gasteiger partial charge in [0, 0.05) is 5.56 Å². The third-order valence-electron chi connectivity index (χ3n) is 2.64. The summed E-state index contributed by atoms with van der Waals surface area (Å²) in [7, 11) is 7.23. The van der Waals surface area contributed by atoms with Crippen LogP contribution in [-0.2, 0) is 0 Å². The largest absolute Gasteiger partial charge is 0.497 e. The first-order valence-electron chi connectivity index (χ1n) is 5.84. The Bertz CT molecular complexity index is 564. The molecule has 2 rings (SSSR count). The number of carbonyl (C=O) groups excluding carboxylic acids is 1. The lowest BCUT2D eigenvalue weighted by Gasteiger charge is -2.07. The summed E-state index contributed by atoms with van der Waals surface area (Å²) in [5, 5.41) is 0. The summed E-state index contributed by atoms with van der Waals surface area (Å²) >= 11 is 0. The zero-order valence-corrected chi connectivity index (χ0v) is 10.6. The SMILES string of the molecule is [B]c1cccc(C(=O)COc2ccc(OC)cc2)c1. The van der Waals surface area contributed by atoms with Crippen molar-refractivity contribution in [1.82, 2.24) is 0 Å². The Balaban J connectivity index is 1.96. The van der Waals surface area contributed by atoms with Crippen LogP contribution < -0.4 is 14.9 Å². The first-order chi connectivity index (χ1) is 9.19. The minimum Gasteiger partial charge on any atom is -0.497 e. The molecule has 2 aromatic carbocycles. The van der Waals surface area contributed by atoms with Gasteiger partial charge < -0.3 is 9.47 Å². The Morgan fingerprint density at radius 2 is 1.79 bits per heavy atom. The minimum atomic E-state index is -0.108. The van der Waals surface area contributed by atoms with Crippen LogP contribution in [-0.4, -0.2) is 27.3 Å². The molecule has 3 nitrogen and oxygen atoms in total. The van der Waals surface area contributed by atoms with Gasteiger partial charge in [0.15, 0.2) is 12.4 Å². The van der Waals surface area contributed by atoms with Crippen molar-refractivity contribution in [2.24, 2.45) is 0 Å². The standard InChI is InChI=1S/C15H13BO3/c1-18-13-5-7-14(8-6-13)19-10-15(17)11-3-2-4-12(16)9-11/h2-9H,10H2,1H3. The molecule has 0 saturated carbocycles. The predicted octanol–water partition coefficient (Wildman–Crippen LogP) is 1.75. The highest BCUT2D eigenvalue weighted by Gasteiger charge is 2.06. The molecular formula is C15H13BO3. The van der Waals surface area contributed by atoms with Crippen LogP contribution in [0.3, 0.4) is 0 Å². The first kappa shape index (κ1) is 13.2. The summed E-state index contributed by atoms with van der Waals surface area (Å²) in [5.74, 6) is 1.26. The van der Waals surface area contributed by atoms with E-state index in [9.17, 15) is 4.79 Å². The number of benzene rings is 2. The third-order valence-corrected chi connectivity index (χ3v) is 2.64. The number of methoxy groups -OCH3 is 1. The number of ether oxygens (including phenoxy) is 2. The van der Waals surface area contributed by atoms with Gasteiger partial charge in [-0.2, -0.15) is 0 Å². The molecule has 0 saturated heterocycles. The molecule has 4 heteroatoms. The molecule has 2 radical (unpaired) electrons. The highest BCUT2D eigenvalue weighted by atomic mass is 16.5. The van der Waals surface area contributed by atoms with Gasteiger partial charge in [-0.3, -0.25) is 4.79 Å². The number of hydrogen-bond donors (Lipinski definition) is 0. The van der Waals surface area contributed by atoms with Crippen LogP contribution in [0.15, 0.2) is 48.5 Å². The molecule has 0 unspecified atom stereocenters. The Kier molecular flexibility index (Phi) is 4.24. The zero-order chi connectivity index (χ0) is 13.7. The third kappa shape index (κ3) is 3.62. The van der Waals surface area contributed by atoms with Gasteiger partial charge in [0.1, 0.15) is 19.3 Å². The lowest BCUT2D eigenvalue weighted by atomic mass is 9.93. The number of Topliss-reactive ketones (excluding diaryl/α,β-unsaturated/α-hetero) is 1. The summed E-state index contributed by atoms with van der Waals surface area (Å²) in [5.41, 5.74) is 1.11. The second kappa shape index (κ2) is 6.09. The number of hydrogen-bond acceptors (Lipinski definition) is 3. The van der Waals surface area contributed by atoms with Crippen molar-refractivity contribution in [2.75, 3.05) is 13.7 Å². The molecule has 0 aromatic heterocycles. The highest BCUT2D eigenvalue weighted by molar-refractivity contribution is 6.32. The molecule has 0 spiro atoms. The second-order valence-corrected chi connectivity index (χ2v) is 4.01. The van der Waals surface area contributed by atoms with E-state index in [0.717, 1.165) is 5.75 Å². The quantitative estimate of drug-likeness (QED) is 0.600. The predicted molar refractivity (Wildman–Crippen MR) is 74.6 cm³/mol. The molecule has 0 aliphatic carbocycles. The van der Waals surface area contributed by atoms with Crippen molar-refractivity contribution in [3.8, 4) is 11.5 Å². The van der Waals surface area contributed by atoms with Crippen LogP contribution in [0.4, 0.5) is 0 Å². The highest BCUT2D eigenvalue weighted by Crippen LogP contribution is 2.17. The Morgan fingerprint density at radius 3 is 2.42 bits per heavy atom. The second-order valence-electron chi connectivity index (χ2n) is 4.01. The van der Waals surface area contributed by atoms with E-state index in [-0.39, 0.29) is 12.4 Å². The Morgan fingerprint density at radius 1 is 1.11 bits per heavy atom. The fourth-order valence-electron chi connectivity index (χ4n) is 1.62. The van der Waals surface area contributed by atoms with Gasteiger partial charge in [-0.05, 0) is 24.3 Å².